The van der Waals surface area contributed by atoms with Gasteiger partial charge in [-0.2, -0.15) is 13.2 Å². The van der Waals surface area contributed by atoms with Crippen molar-refractivity contribution in [1.82, 2.24) is 9.55 Å². The highest BCUT2D eigenvalue weighted by Gasteiger charge is 2.30. The van der Waals surface area contributed by atoms with Crippen molar-refractivity contribution in [3.63, 3.8) is 0 Å². The molecule has 1 aromatic heterocycles. The Bertz CT molecular complexity index is 886. The van der Waals surface area contributed by atoms with Crippen LogP contribution in [0.2, 0.25) is 0 Å². The summed E-state index contributed by atoms with van der Waals surface area (Å²) in [6.45, 7) is 1.66. The van der Waals surface area contributed by atoms with Crippen LogP contribution in [-0.4, -0.2) is 15.5 Å². The second-order valence-electron chi connectivity index (χ2n) is 5.38. The first-order valence-corrected chi connectivity index (χ1v) is 7.26. The van der Waals surface area contributed by atoms with E-state index in [9.17, 15) is 18.0 Å². The average molecular weight is 333 g/mol. The number of nitrogens with zero attached hydrogens (tertiary/aromatic N) is 2. The van der Waals surface area contributed by atoms with Gasteiger partial charge in [0.25, 0.3) is 0 Å². The van der Waals surface area contributed by atoms with E-state index < -0.39 is 23.7 Å². The van der Waals surface area contributed by atoms with Crippen LogP contribution in [0, 0.1) is 0 Å². The van der Waals surface area contributed by atoms with Crippen LogP contribution in [0.5, 0.6) is 0 Å². The number of halogens is 3. The van der Waals surface area contributed by atoms with Crippen LogP contribution in [-0.2, 0) is 11.0 Å². The van der Waals surface area contributed by atoms with Crippen molar-refractivity contribution in [2.75, 3.05) is 5.32 Å². The number of hydrogen-bond donors (Lipinski definition) is 1. The molecular formula is C17H14F3N3O. The van der Waals surface area contributed by atoms with E-state index in [1.54, 1.807) is 17.8 Å². The topological polar surface area (TPSA) is 46.9 Å². The zero-order chi connectivity index (χ0) is 17.3. The summed E-state index contributed by atoms with van der Waals surface area (Å²) in [5.74, 6) is -0.419. The molecule has 24 heavy (non-hydrogen) atoms. The van der Waals surface area contributed by atoms with E-state index >= 15 is 0 Å². The molecule has 2 aromatic carbocycles. The van der Waals surface area contributed by atoms with Crippen molar-refractivity contribution in [2.24, 2.45) is 0 Å². The Hall–Kier alpha value is -2.83. The van der Waals surface area contributed by atoms with Gasteiger partial charge in [-0.25, -0.2) is 4.98 Å². The number of nitrogens with one attached hydrogen (secondary N) is 1. The maximum atomic E-state index is 12.7. The van der Waals surface area contributed by atoms with Gasteiger partial charge in [-0.05, 0) is 37.3 Å². The molecule has 1 heterocycles. The molecule has 0 radical (unpaired) electrons. The van der Waals surface area contributed by atoms with Crippen molar-refractivity contribution in [3.8, 4) is 0 Å². The fourth-order valence-electron chi connectivity index (χ4n) is 2.43. The minimum Gasteiger partial charge on any atom is -0.324 e. The number of anilines is 1. The first kappa shape index (κ1) is 16.0. The first-order valence-electron chi connectivity index (χ1n) is 7.26. The lowest BCUT2D eigenvalue weighted by atomic mass is 10.2. The van der Waals surface area contributed by atoms with Gasteiger partial charge in [0.15, 0.2) is 0 Å². The molecule has 4 nitrogen and oxygen atoms in total. The van der Waals surface area contributed by atoms with Gasteiger partial charge in [0.1, 0.15) is 6.04 Å². The third-order valence-corrected chi connectivity index (χ3v) is 3.74. The summed E-state index contributed by atoms with van der Waals surface area (Å²) in [4.78, 5) is 16.6. The fourth-order valence-corrected chi connectivity index (χ4v) is 2.43. The number of carbonyl (C=O) groups is 1. The van der Waals surface area contributed by atoms with Gasteiger partial charge in [-0.3, -0.25) is 4.79 Å². The summed E-state index contributed by atoms with van der Waals surface area (Å²) in [6, 6.07) is 11.3. The lowest BCUT2D eigenvalue weighted by Gasteiger charge is -2.15. The van der Waals surface area contributed by atoms with Gasteiger partial charge in [-0.1, -0.05) is 18.2 Å². The highest BCUT2D eigenvalue weighted by atomic mass is 19.4. The predicted molar refractivity (Wildman–Crippen MR) is 84.5 cm³/mol. The van der Waals surface area contributed by atoms with E-state index in [1.165, 1.54) is 12.1 Å². The second-order valence-corrected chi connectivity index (χ2v) is 5.38. The largest absolute Gasteiger partial charge is 0.416 e. The van der Waals surface area contributed by atoms with Crippen molar-refractivity contribution in [1.29, 1.82) is 0 Å². The Balaban J connectivity index is 1.82. The second kappa shape index (κ2) is 5.99. The molecule has 1 N–H and O–H groups in total. The van der Waals surface area contributed by atoms with Gasteiger partial charge in [-0.15, -0.1) is 0 Å². The number of rotatable bonds is 3. The third-order valence-electron chi connectivity index (χ3n) is 3.74. The molecule has 1 atom stereocenters. The van der Waals surface area contributed by atoms with Gasteiger partial charge in [0.2, 0.25) is 5.91 Å². The molecule has 0 aliphatic carbocycles. The molecular weight excluding hydrogens is 319 g/mol. The van der Waals surface area contributed by atoms with E-state index in [4.69, 9.17) is 0 Å². The molecule has 1 amide bonds. The maximum Gasteiger partial charge on any atom is 0.416 e. The maximum absolute atomic E-state index is 12.7. The Labute approximate surface area is 135 Å². The summed E-state index contributed by atoms with van der Waals surface area (Å²) < 4.78 is 39.9. The van der Waals surface area contributed by atoms with Crippen LogP contribution in [0.15, 0.2) is 54.9 Å². The number of imidazole rings is 1. The van der Waals surface area contributed by atoms with Gasteiger partial charge >= 0.3 is 6.18 Å². The van der Waals surface area contributed by atoms with Crippen LogP contribution in [0.25, 0.3) is 11.0 Å². The van der Waals surface area contributed by atoms with Crippen LogP contribution < -0.4 is 5.32 Å². The summed E-state index contributed by atoms with van der Waals surface area (Å²) in [5.41, 5.74) is 0.826. The van der Waals surface area contributed by atoms with Gasteiger partial charge in [0, 0.05) is 5.69 Å². The molecule has 3 rings (SSSR count). The van der Waals surface area contributed by atoms with E-state index in [0.29, 0.717) is 0 Å². The first-order chi connectivity index (χ1) is 11.4. The molecule has 124 valence electrons. The molecule has 3 aromatic rings. The monoisotopic (exact) mass is 333 g/mol. The van der Waals surface area contributed by atoms with Crippen molar-refractivity contribution < 1.29 is 18.0 Å². The van der Waals surface area contributed by atoms with Gasteiger partial charge < -0.3 is 9.88 Å². The lowest BCUT2D eigenvalue weighted by molar-refractivity contribution is -0.137. The van der Waals surface area contributed by atoms with Crippen LogP contribution in [0.1, 0.15) is 18.5 Å². The quantitative estimate of drug-likeness (QED) is 0.779. The standard InChI is InChI=1S/C17H14F3N3O/c1-11(23-10-21-14-7-2-3-8-15(14)23)16(24)22-13-6-4-5-12(9-13)17(18,19)20/h2-11H,1H3,(H,22,24). The number of aromatic nitrogens is 2. The Morgan fingerprint density at radius 1 is 1.17 bits per heavy atom. The average Bonchev–Trinajstić information content (AvgIpc) is 2.97. The van der Waals surface area contributed by atoms with Crippen LogP contribution in [0.4, 0.5) is 18.9 Å². The number of benzene rings is 2. The minimum atomic E-state index is -4.45. The molecule has 0 aliphatic rings. The minimum absolute atomic E-state index is 0.103. The zero-order valence-electron chi connectivity index (χ0n) is 12.7. The van der Waals surface area contributed by atoms with Crippen molar-refractivity contribution >= 4 is 22.6 Å². The van der Waals surface area contributed by atoms with E-state index in [0.717, 1.165) is 23.2 Å². The van der Waals surface area contributed by atoms with Crippen LogP contribution in [0.3, 0.4) is 0 Å². The zero-order valence-corrected chi connectivity index (χ0v) is 12.7. The molecule has 1 unspecified atom stereocenters. The van der Waals surface area contributed by atoms with Gasteiger partial charge in [0.05, 0.1) is 22.9 Å². The van der Waals surface area contributed by atoms with Crippen molar-refractivity contribution in [2.45, 2.75) is 19.1 Å². The smallest absolute Gasteiger partial charge is 0.324 e. The Kier molecular flexibility index (Phi) is 4.01. The normalized spacial score (nSPS) is 13.0. The summed E-state index contributed by atoms with van der Waals surface area (Å²) in [6.07, 6.45) is -2.91. The SMILES string of the molecule is CC(C(=O)Nc1cccc(C(F)(F)F)c1)n1cnc2ccccc21. The highest BCUT2D eigenvalue weighted by molar-refractivity contribution is 5.94. The molecule has 0 aliphatic heterocycles. The summed E-state index contributed by atoms with van der Waals surface area (Å²) >= 11 is 0. The number of amides is 1. The molecule has 0 bridgehead atoms. The predicted octanol–water partition coefficient (Wildman–Crippen LogP) is 4.25. The summed E-state index contributed by atoms with van der Waals surface area (Å²) in [7, 11) is 0. The van der Waals surface area contributed by atoms with Crippen LogP contribution >= 0.6 is 0 Å². The van der Waals surface area contributed by atoms with Crippen molar-refractivity contribution in [3.05, 3.63) is 60.4 Å². The molecule has 0 spiro atoms. The number of fused-ring (bicyclic) bond motifs is 1. The fraction of sp³-hybridized carbons (Fsp3) is 0.176. The number of para-hydroxylation sites is 2. The van der Waals surface area contributed by atoms with E-state index in [-0.39, 0.29) is 5.69 Å². The summed E-state index contributed by atoms with van der Waals surface area (Å²) in [5, 5.41) is 2.52. The van der Waals surface area contributed by atoms with E-state index in [1.807, 2.05) is 24.3 Å². The van der Waals surface area contributed by atoms with E-state index in [2.05, 4.69) is 10.3 Å². The Morgan fingerprint density at radius 2 is 1.92 bits per heavy atom. The number of hydrogen-bond acceptors (Lipinski definition) is 2. The highest BCUT2D eigenvalue weighted by Crippen LogP contribution is 2.30. The molecule has 0 saturated heterocycles. The molecule has 7 heteroatoms. The number of carbonyl (C=O) groups excluding carboxylic acids is 1. The lowest BCUT2D eigenvalue weighted by Crippen LogP contribution is -2.23. The number of alkyl halides is 3. The molecule has 0 fully saturated rings. The third kappa shape index (κ3) is 3.10. The molecule has 0 saturated carbocycles. The Morgan fingerprint density at radius 3 is 2.67 bits per heavy atom.